The Balaban J connectivity index is 1.26. The fourth-order valence-corrected chi connectivity index (χ4v) is 9.02. The van der Waals surface area contributed by atoms with Gasteiger partial charge in [-0.2, -0.15) is 0 Å². The molecule has 1 aromatic rings. The van der Waals surface area contributed by atoms with Crippen molar-refractivity contribution in [1.29, 1.82) is 0 Å². The SMILES string of the molecule is CCNCCNC(=O)OC1CCC2(C)C(CCC3C2CCC2(C)C(c4ccc(=O)oc4)CCC32O)C1. The van der Waals surface area contributed by atoms with E-state index in [9.17, 15) is 14.7 Å². The molecule has 36 heavy (non-hydrogen) atoms. The van der Waals surface area contributed by atoms with E-state index in [1.54, 1.807) is 6.26 Å². The van der Waals surface area contributed by atoms with E-state index >= 15 is 0 Å². The summed E-state index contributed by atoms with van der Waals surface area (Å²) in [7, 11) is 0. The van der Waals surface area contributed by atoms with Crippen molar-refractivity contribution in [2.24, 2.45) is 28.6 Å². The van der Waals surface area contributed by atoms with Gasteiger partial charge in [0, 0.05) is 24.6 Å². The molecule has 3 N–H and O–H groups in total. The van der Waals surface area contributed by atoms with Crippen LogP contribution >= 0.6 is 0 Å². The van der Waals surface area contributed by atoms with Crippen LogP contribution in [0, 0.1) is 28.6 Å². The molecule has 0 saturated heterocycles. The predicted octanol–water partition coefficient (Wildman–Crippen LogP) is 4.59. The molecular formula is C29H44N2O5. The highest BCUT2D eigenvalue weighted by Gasteiger charge is 2.67. The Morgan fingerprint density at radius 3 is 2.67 bits per heavy atom. The molecular weight excluding hydrogens is 456 g/mol. The van der Waals surface area contributed by atoms with Crippen LogP contribution in [0.2, 0.25) is 0 Å². The number of hydrogen-bond acceptors (Lipinski definition) is 6. The number of nitrogens with one attached hydrogen (secondary N) is 2. The third-order valence-corrected chi connectivity index (χ3v) is 11.0. The minimum atomic E-state index is -0.690. The topological polar surface area (TPSA) is 101 Å². The quantitative estimate of drug-likeness (QED) is 0.494. The van der Waals surface area contributed by atoms with E-state index in [1.165, 1.54) is 6.07 Å². The maximum Gasteiger partial charge on any atom is 0.407 e. The summed E-state index contributed by atoms with van der Waals surface area (Å²) < 4.78 is 11.0. The van der Waals surface area contributed by atoms with Crippen molar-refractivity contribution in [3.63, 3.8) is 0 Å². The Kier molecular flexibility index (Phi) is 7.01. The van der Waals surface area contributed by atoms with Crippen LogP contribution in [0.1, 0.15) is 90.0 Å². The van der Waals surface area contributed by atoms with Crippen molar-refractivity contribution in [1.82, 2.24) is 10.6 Å². The minimum absolute atomic E-state index is 0.0145. The number of carbonyl (C=O) groups is 1. The summed E-state index contributed by atoms with van der Waals surface area (Å²) in [5, 5.41) is 18.4. The predicted molar refractivity (Wildman–Crippen MR) is 138 cm³/mol. The van der Waals surface area contributed by atoms with Crippen molar-refractivity contribution in [2.45, 2.75) is 96.2 Å². The van der Waals surface area contributed by atoms with Gasteiger partial charge in [0.05, 0.1) is 11.9 Å². The molecule has 4 aliphatic carbocycles. The fourth-order valence-electron chi connectivity index (χ4n) is 9.02. The number of alkyl carbamates (subject to hydrolysis) is 1. The van der Waals surface area contributed by atoms with Gasteiger partial charge >= 0.3 is 11.7 Å². The molecule has 200 valence electrons. The largest absolute Gasteiger partial charge is 0.446 e. The first kappa shape index (κ1) is 25.8. The smallest absolute Gasteiger partial charge is 0.407 e. The van der Waals surface area contributed by atoms with Gasteiger partial charge in [-0.05, 0) is 105 Å². The number of amides is 1. The Bertz CT molecular complexity index is 991. The molecule has 4 fully saturated rings. The van der Waals surface area contributed by atoms with Gasteiger partial charge in [0.1, 0.15) is 6.10 Å². The van der Waals surface area contributed by atoms with E-state index in [2.05, 4.69) is 24.5 Å². The van der Waals surface area contributed by atoms with Gasteiger partial charge in [0.25, 0.3) is 0 Å². The van der Waals surface area contributed by atoms with Gasteiger partial charge in [-0.3, -0.25) is 0 Å². The van der Waals surface area contributed by atoms with Gasteiger partial charge in [0.15, 0.2) is 0 Å². The first-order valence-corrected chi connectivity index (χ1v) is 14.2. The van der Waals surface area contributed by atoms with E-state index in [4.69, 9.17) is 9.15 Å². The monoisotopic (exact) mass is 500 g/mol. The van der Waals surface area contributed by atoms with Gasteiger partial charge in [-0.1, -0.05) is 20.8 Å². The Labute approximate surface area is 214 Å². The Morgan fingerprint density at radius 1 is 1.08 bits per heavy atom. The molecule has 7 heteroatoms. The first-order valence-electron chi connectivity index (χ1n) is 14.2. The van der Waals surface area contributed by atoms with Crippen LogP contribution < -0.4 is 16.3 Å². The van der Waals surface area contributed by atoms with Crippen LogP contribution in [0.3, 0.4) is 0 Å². The normalized spacial score (nSPS) is 41.6. The molecule has 0 bridgehead atoms. The summed E-state index contributed by atoms with van der Waals surface area (Å²) >= 11 is 0. The van der Waals surface area contributed by atoms with Gasteiger partial charge < -0.3 is 24.9 Å². The van der Waals surface area contributed by atoms with Crippen molar-refractivity contribution in [2.75, 3.05) is 19.6 Å². The highest BCUT2D eigenvalue weighted by atomic mass is 16.6. The standard InChI is InChI=1S/C29H44N2O5/c1-4-30-15-16-31-26(33)36-21-9-12-27(2)20(17-21)6-7-24-23(27)10-13-28(3)22(11-14-29(24,28)34)19-5-8-25(32)35-18-19/h5,8,18,20-24,30,34H,4,6-7,9-17H2,1-3H3,(H,31,33). The van der Waals surface area contributed by atoms with Crippen molar-refractivity contribution >= 4 is 6.09 Å². The summed E-state index contributed by atoms with van der Waals surface area (Å²) in [6, 6.07) is 3.41. The molecule has 0 spiro atoms. The molecule has 0 aromatic carbocycles. The zero-order chi connectivity index (χ0) is 25.6. The minimum Gasteiger partial charge on any atom is -0.446 e. The summed E-state index contributed by atoms with van der Waals surface area (Å²) in [6.07, 6.45) is 10.2. The molecule has 5 rings (SSSR count). The van der Waals surface area contributed by atoms with Crippen LogP contribution in [-0.2, 0) is 4.74 Å². The molecule has 4 aliphatic rings. The van der Waals surface area contributed by atoms with Crippen molar-refractivity contribution in [3.05, 3.63) is 34.4 Å². The maximum absolute atomic E-state index is 12.4. The number of likely N-dealkylation sites (N-methyl/N-ethyl adjacent to an activating group) is 1. The second kappa shape index (κ2) is 9.79. The van der Waals surface area contributed by atoms with Crippen molar-refractivity contribution < 1.29 is 19.1 Å². The maximum atomic E-state index is 12.4. The fraction of sp³-hybridized carbons (Fsp3) is 0.793. The molecule has 1 aromatic heterocycles. The molecule has 1 heterocycles. The summed E-state index contributed by atoms with van der Waals surface area (Å²) in [5.74, 6) is 1.54. The molecule has 8 atom stereocenters. The lowest BCUT2D eigenvalue weighted by Crippen LogP contribution is -2.62. The third kappa shape index (κ3) is 4.20. The summed E-state index contributed by atoms with van der Waals surface area (Å²) in [5.41, 5.74) is 0.0108. The Morgan fingerprint density at radius 2 is 1.92 bits per heavy atom. The lowest BCUT2D eigenvalue weighted by atomic mass is 9.43. The second-order valence-corrected chi connectivity index (χ2v) is 12.4. The number of rotatable bonds is 6. The highest BCUT2D eigenvalue weighted by Crippen LogP contribution is 2.70. The average Bonchev–Trinajstić information content (AvgIpc) is 3.14. The average molecular weight is 501 g/mol. The van der Waals surface area contributed by atoms with Gasteiger partial charge in [-0.15, -0.1) is 0 Å². The molecule has 0 aliphatic heterocycles. The van der Waals surface area contributed by atoms with Crippen LogP contribution in [0.5, 0.6) is 0 Å². The van der Waals surface area contributed by atoms with E-state index < -0.39 is 5.60 Å². The Hall–Kier alpha value is -1.86. The van der Waals surface area contributed by atoms with E-state index in [0.717, 1.165) is 76.4 Å². The molecule has 4 saturated carbocycles. The molecule has 1 amide bonds. The van der Waals surface area contributed by atoms with E-state index in [0.29, 0.717) is 24.3 Å². The number of aliphatic hydroxyl groups is 1. The van der Waals surface area contributed by atoms with Gasteiger partial charge in [0.2, 0.25) is 0 Å². The lowest BCUT2D eigenvalue weighted by molar-refractivity contribution is -0.205. The van der Waals surface area contributed by atoms with Crippen LogP contribution in [0.15, 0.2) is 27.6 Å². The van der Waals surface area contributed by atoms with Crippen molar-refractivity contribution in [3.8, 4) is 0 Å². The second-order valence-electron chi connectivity index (χ2n) is 12.4. The first-order chi connectivity index (χ1) is 17.2. The molecule has 7 nitrogen and oxygen atoms in total. The van der Waals surface area contributed by atoms with E-state index in [-0.39, 0.29) is 34.6 Å². The van der Waals surface area contributed by atoms with E-state index in [1.807, 2.05) is 13.0 Å². The van der Waals surface area contributed by atoms with Crippen LogP contribution in [0.25, 0.3) is 0 Å². The third-order valence-electron chi connectivity index (χ3n) is 11.0. The lowest BCUT2D eigenvalue weighted by Gasteiger charge is -2.63. The molecule has 8 unspecified atom stereocenters. The molecule has 0 radical (unpaired) electrons. The number of fused-ring (bicyclic) bond motifs is 5. The zero-order valence-electron chi connectivity index (χ0n) is 22.2. The summed E-state index contributed by atoms with van der Waals surface area (Å²) in [4.78, 5) is 23.8. The number of hydrogen-bond donors (Lipinski definition) is 3. The number of ether oxygens (including phenoxy) is 1. The highest BCUT2D eigenvalue weighted by molar-refractivity contribution is 5.67. The van der Waals surface area contributed by atoms with Gasteiger partial charge in [-0.25, -0.2) is 9.59 Å². The zero-order valence-corrected chi connectivity index (χ0v) is 22.2. The van der Waals surface area contributed by atoms with Crippen LogP contribution in [-0.4, -0.2) is 42.5 Å². The summed E-state index contributed by atoms with van der Waals surface area (Å²) in [6.45, 7) is 9.00. The number of carbonyl (C=O) groups excluding carboxylic acids is 1. The van der Waals surface area contributed by atoms with Crippen LogP contribution in [0.4, 0.5) is 4.79 Å².